The molecule has 2 rings (SSSR count). The van der Waals surface area contributed by atoms with Gasteiger partial charge in [0.05, 0.1) is 12.2 Å². The Labute approximate surface area is 175 Å². The van der Waals surface area contributed by atoms with Gasteiger partial charge in [-0.05, 0) is 35.8 Å². The number of aromatic nitrogens is 2. The quantitative estimate of drug-likeness (QED) is 0.367. The van der Waals surface area contributed by atoms with Gasteiger partial charge in [0.1, 0.15) is 5.76 Å². The van der Waals surface area contributed by atoms with Gasteiger partial charge in [0.15, 0.2) is 5.96 Å². The van der Waals surface area contributed by atoms with Crippen molar-refractivity contribution in [1.29, 1.82) is 0 Å². The lowest BCUT2D eigenvalue weighted by Crippen LogP contribution is -2.40. The molecule has 0 saturated heterocycles. The second-order valence-corrected chi connectivity index (χ2v) is 7.10. The van der Waals surface area contributed by atoms with E-state index < -0.39 is 0 Å². The van der Waals surface area contributed by atoms with E-state index in [1.165, 1.54) is 11.3 Å². The van der Waals surface area contributed by atoms with Gasteiger partial charge in [0, 0.05) is 55.5 Å². The predicted octanol–water partition coefficient (Wildman–Crippen LogP) is 3.82. The SMILES string of the molecule is CN=C(NCC(C)c1c(C)noc1C)N(C)Cc1cc(Br)cn1C.I. The minimum atomic E-state index is 0. The van der Waals surface area contributed by atoms with Gasteiger partial charge in [0.25, 0.3) is 0 Å². The maximum Gasteiger partial charge on any atom is 0.193 e. The Morgan fingerprint density at radius 2 is 2.16 bits per heavy atom. The smallest absolute Gasteiger partial charge is 0.193 e. The highest BCUT2D eigenvalue weighted by atomic mass is 127. The molecule has 0 aliphatic heterocycles. The largest absolute Gasteiger partial charge is 0.361 e. The molecule has 2 aromatic rings. The van der Waals surface area contributed by atoms with E-state index in [0.717, 1.165) is 35.0 Å². The molecule has 2 aromatic heterocycles. The van der Waals surface area contributed by atoms with Gasteiger partial charge in [-0.25, -0.2) is 0 Å². The minimum absolute atomic E-state index is 0. The fourth-order valence-corrected chi connectivity index (χ4v) is 3.54. The van der Waals surface area contributed by atoms with Crippen molar-refractivity contribution in [3.63, 3.8) is 0 Å². The van der Waals surface area contributed by atoms with Crippen LogP contribution in [0.25, 0.3) is 0 Å². The van der Waals surface area contributed by atoms with E-state index in [4.69, 9.17) is 4.52 Å². The van der Waals surface area contributed by atoms with Crippen molar-refractivity contribution in [3.8, 4) is 0 Å². The number of guanidine groups is 1. The number of halogens is 2. The van der Waals surface area contributed by atoms with E-state index in [9.17, 15) is 0 Å². The van der Waals surface area contributed by atoms with Crippen LogP contribution in [0.2, 0.25) is 0 Å². The summed E-state index contributed by atoms with van der Waals surface area (Å²) in [6, 6.07) is 2.12. The van der Waals surface area contributed by atoms with Gasteiger partial charge in [-0.1, -0.05) is 12.1 Å². The highest BCUT2D eigenvalue weighted by Crippen LogP contribution is 2.22. The highest BCUT2D eigenvalue weighted by Gasteiger charge is 2.17. The molecule has 1 N–H and O–H groups in total. The van der Waals surface area contributed by atoms with Crippen LogP contribution in [0.5, 0.6) is 0 Å². The lowest BCUT2D eigenvalue weighted by atomic mass is 10.00. The van der Waals surface area contributed by atoms with Crippen molar-refractivity contribution in [2.45, 2.75) is 33.2 Å². The number of hydrogen-bond donors (Lipinski definition) is 1. The Morgan fingerprint density at radius 3 is 2.64 bits per heavy atom. The zero-order valence-electron chi connectivity index (χ0n) is 15.6. The van der Waals surface area contributed by atoms with E-state index >= 15 is 0 Å². The van der Waals surface area contributed by atoms with Crippen LogP contribution in [0.15, 0.2) is 26.3 Å². The lowest BCUT2D eigenvalue weighted by molar-refractivity contribution is 0.391. The minimum Gasteiger partial charge on any atom is -0.361 e. The summed E-state index contributed by atoms with van der Waals surface area (Å²) in [5.74, 6) is 2.05. The third-order valence-corrected chi connectivity index (χ3v) is 4.63. The van der Waals surface area contributed by atoms with E-state index in [2.05, 4.69) is 60.0 Å². The second-order valence-electron chi connectivity index (χ2n) is 6.18. The Morgan fingerprint density at radius 1 is 1.48 bits per heavy atom. The zero-order chi connectivity index (χ0) is 17.9. The van der Waals surface area contributed by atoms with E-state index in [1.54, 1.807) is 7.05 Å². The third kappa shape index (κ3) is 5.47. The summed E-state index contributed by atoms with van der Waals surface area (Å²) < 4.78 is 8.46. The number of nitrogens with one attached hydrogen (secondary N) is 1. The van der Waals surface area contributed by atoms with Crippen molar-refractivity contribution < 1.29 is 4.52 Å². The van der Waals surface area contributed by atoms with E-state index in [1.807, 2.05) is 27.9 Å². The molecule has 2 heterocycles. The Kier molecular flexibility index (Phi) is 8.46. The first-order valence-corrected chi connectivity index (χ1v) is 8.78. The van der Waals surface area contributed by atoms with Crippen molar-refractivity contribution in [2.24, 2.45) is 12.0 Å². The van der Waals surface area contributed by atoms with Crippen molar-refractivity contribution in [3.05, 3.63) is 39.4 Å². The van der Waals surface area contributed by atoms with Crippen LogP contribution < -0.4 is 5.32 Å². The Bertz CT molecular complexity index is 705. The van der Waals surface area contributed by atoms with Crippen LogP contribution in [0.4, 0.5) is 0 Å². The fourth-order valence-electron chi connectivity index (χ4n) is 2.97. The van der Waals surface area contributed by atoms with Gasteiger partial charge in [-0.3, -0.25) is 4.99 Å². The molecule has 8 heteroatoms. The van der Waals surface area contributed by atoms with Crippen LogP contribution in [-0.4, -0.2) is 41.2 Å². The van der Waals surface area contributed by atoms with Gasteiger partial charge in [-0.15, -0.1) is 24.0 Å². The molecule has 0 radical (unpaired) electrons. The molecule has 0 fully saturated rings. The number of aryl methyl sites for hydroxylation is 3. The average molecular weight is 524 g/mol. The molecule has 25 heavy (non-hydrogen) atoms. The molecule has 0 amide bonds. The molecule has 1 atom stereocenters. The molecule has 0 aliphatic carbocycles. The molecule has 6 nitrogen and oxygen atoms in total. The van der Waals surface area contributed by atoms with E-state index in [-0.39, 0.29) is 24.0 Å². The summed E-state index contributed by atoms with van der Waals surface area (Å²) in [5.41, 5.74) is 3.34. The van der Waals surface area contributed by atoms with Gasteiger partial charge >= 0.3 is 0 Å². The number of aliphatic imine (C=N–C) groups is 1. The molecular formula is C17H27BrIN5O. The van der Waals surface area contributed by atoms with Gasteiger partial charge in [0.2, 0.25) is 0 Å². The van der Waals surface area contributed by atoms with Crippen LogP contribution >= 0.6 is 39.9 Å². The summed E-state index contributed by atoms with van der Waals surface area (Å²) in [7, 11) is 5.89. The monoisotopic (exact) mass is 523 g/mol. The maximum atomic E-state index is 5.27. The van der Waals surface area contributed by atoms with Crippen LogP contribution in [0, 0.1) is 13.8 Å². The third-order valence-electron chi connectivity index (χ3n) is 4.19. The standard InChI is InChI=1S/C17H26BrN5O.HI/c1-11(16-12(2)21-24-13(16)3)8-20-17(19-4)23(6)10-15-7-14(18)9-22(15)5;/h7,9,11H,8,10H2,1-6H3,(H,19,20);1H. The summed E-state index contributed by atoms with van der Waals surface area (Å²) in [6.07, 6.45) is 2.05. The fraction of sp³-hybridized carbons (Fsp3) is 0.529. The van der Waals surface area contributed by atoms with Crippen LogP contribution in [0.1, 0.15) is 35.6 Å². The first-order chi connectivity index (χ1) is 11.3. The molecule has 0 bridgehead atoms. The number of rotatable bonds is 5. The maximum absolute atomic E-state index is 5.27. The molecule has 1 unspecified atom stereocenters. The summed E-state index contributed by atoms with van der Waals surface area (Å²) >= 11 is 3.51. The average Bonchev–Trinajstić information content (AvgIpc) is 3.01. The molecule has 0 aliphatic rings. The molecular weight excluding hydrogens is 497 g/mol. The van der Waals surface area contributed by atoms with Gasteiger partial charge < -0.3 is 19.3 Å². The topological polar surface area (TPSA) is 58.6 Å². The Hall–Kier alpha value is -1.03. The highest BCUT2D eigenvalue weighted by molar-refractivity contribution is 14.0. The summed E-state index contributed by atoms with van der Waals surface area (Å²) in [6.45, 7) is 7.66. The molecule has 0 aromatic carbocycles. The van der Waals surface area contributed by atoms with E-state index in [0.29, 0.717) is 5.92 Å². The molecule has 140 valence electrons. The Balaban J connectivity index is 0.00000312. The van der Waals surface area contributed by atoms with Crippen molar-refractivity contribution in [2.75, 3.05) is 20.6 Å². The van der Waals surface area contributed by atoms with Crippen molar-refractivity contribution >= 4 is 45.9 Å². The first kappa shape index (κ1) is 22.0. The second kappa shape index (κ2) is 9.61. The lowest BCUT2D eigenvalue weighted by Gasteiger charge is -2.24. The molecule has 0 saturated carbocycles. The number of nitrogens with zero attached hydrogens (tertiary/aromatic N) is 4. The van der Waals surface area contributed by atoms with Crippen molar-refractivity contribution in [1.82, 2.24) is 19.9 Å². The van der Waals surface area contributed by atoms with Crippen LogP contribution in [0.3, 0.4) is 0 Å². The summed E-state index contributed by atoms with van der Waals surface area (Å²) in [4.78, 5) is 6.50. The zero-order valence-corrected chi connectivity index (χ0v) is 19.5. The summed E-state index contributed by atoms with van der Waals surface area (Å²) in [5, 5.41) is 7.48. The number of hydrogen-bond acceptors (Lipinski definition) is 3. The normalized spacial score (nSPS) is 12.7. The van der Waals surface area contributed by atoms with Gasteiger partial charge in [-0.2, -0.15) is 0 Å². The molecule has 0 spiro atoms. The van der Waals surface area contributed by atoms with Crippen LogP contribution in [-0.2, 0) is 13.6 Å². The first-order valence-electron chi connectivity index (χ1n) is 7.98. The predicted molar refractivity (Wildman–Crippen MR) is 116 cm³/mol.